The van der Waals surface area contributed by atoms with Crippen molar-refractivity contribution in [3.63, 3.8) is 0 Å². The highest BCUT2D eigenvalue weighted by Gasteiger charge is 2.18. The third kappa shape index (κ3) is 3.08. The lowest BCUT2D eigenvalue weighted by molar-refractivity contribution is 0.442. The second kappa shape index (κ2) is 4.04. The van der Waals surface area contributed by atoms with Crippen molar-refractivity contribution in [2.75, 3.05) is 0 Å². The van der Waals surface area contributed by atoms with Gasteiger partial charge in [0, 0.05) is 5.41 Å². The van der Waals surface area contributed by atoms with Crippen molar-refractivity contribution in [2.24, 2.45) is 16.1 Å². The van der Waals surface area contributed by atoms with Crippen LogP contribution in [0.2, 0.25) is 0 Å². The van der Waals surface area contributed by atoms with Crippen LogP contribution in [0.15, 0.2) is 15.6 Å². The molecule has 0 aliphatic heterocycles. The van der Waals surface area contributed by atoms with Crippen LogP contribution < -0.4 is 5.73 Å². The second-order valence-corrected chi connectivity index (χ2v) is 4.75. The first-order chi connectivity index (χ1) is 6.80. The van der Waals surface area contributed by atoms with Gasteiger partial charge in [0.1, 0.15) is 17.6 Å². The average molecular weight is 209 g/mol. The minimum atomic E-state index is -0.127. The van der Waals surface area contributed by atoms with Gasteiger partial charge < -0.3 is 10.2 Å². The predicted octanol–water partition coefficient (Wildman–Crippen LogP) is 2.45. The molecule has 1 atom stereocenters. The van der Waals surface area contributed by atoms with Crippen LogP contribution in [0.25, 0.3) is 0 Å². The molecule has 4 nitrogen and oxygen atoms in total. The van der Waals surface area contributed by atoms with E-state index in [1.165, 1.54) is 0 Å². The number of aromatic nitrogens is 1. The maximum Gasteiger partial charge on any atom is 0.218 e. The molecule has 1 aromatic rings. The molecule has 4 heteroatoms. The van der Waals surface area contributed by atoms with Crippen LogP contribution in [0.1, 0.15) is 45.4 Å². The molecule has 1 aromatic heterocycles. The van der Waals surface area contributed by atoms with Gasteiger partial charge >= 0.3 is 0 Å². The van der Waals surface area contributed by atoms with Crippen LogP contribution in [0, 0.1) is 12.3 Å². The van der Waals surface area contributed by atoms with Gasteiger partial charge in [0.15, 0.2) is 0 Å². The number of amidine groups is 1. The summed E-state index contributed by atoms with van der Waals surface area (Å²) >= 11 is 0. The van der Waals surface area contributed by atoms with Crippen LogP contribution in [-0.4, -0.2) is 10.8 Å². The van der Waals surface area contributed by atoms with E-state index >= 15 is 0 Å². The molecule has 0 saturated heterocycles. The highest BCUT2D eigenvalue weighted by atomic mass is 16.4. The number of rotatable bonds is 2. The maximum atomic E-state index is 5.88. The van der Waals surface area contributed by atoms with E-state index in [2.05, 4.69) is 9.98 Å². The largest absolute Gasteiger partial charge is 0.444 e. The zero-order chi connectivity index (χ0) is 11.6. The Morgan fingerprint density at radius 1 is 1.53 bits per heavy atom. The zero-order valence-electron chi connectivity index (χ0n) is 10.0. The van der Waals surface area contributed by atoms with E-state index in [0.717, 1.165) is 5.76 Å². The monoisotopic (exact) mass is 209 g/mol. The first-order valence-electron chi connectivity index (χ1n) is 5.07. The maximum absolute atomic E-state index is 5.88. The number of nitrogens with zero attached hydrogens (tertiary/aromatic N) is 2. The van der Waals surface area contributed by atoms with Crippen LogP contribution >= 0.6 is 0 Å². The molecule has 0 amide bonds. The number of aryl methyl sites for hydroxylation is 1. The van der Waals surface area contributed by atoms with Gasteiger partial charge in [0.25, 0.3) is 0 Å². The van der Waals surface area contributed by atoms with Crippen molar-refractivity contribution < 1.29 is 4.42 Å². The summed E-state index contributed by atoms with van der Waals surface area (Å²) in [6.07, 6.45) is 1.69. The quantitative estimate of drug-likeness (QED) is 0.601. The van der Waals surface area contributed by atoms with Crippen molar-refractivity contribution in [2.45, 2.75) is 40.7 Å². The molecule has 15 heavy (non-hydrogen) atoms. The van der Waals surface area contributed by atoms with E-state index in [4.69, 9.17) is 10.2 Å². The second-order valence-electron chi connectivity index (χ2n) is 4.75. The molecule has 1 rings (SSSR count). The Morgan fingerprint density at radius 2 is 2.13 bits per heavy atom. The summed E-state index contributed by atoms with van der Waals surface area (Å²) < 4.78 is 5.39. The average Bonchev–Trinajstić information content (AvgIpc) is 2.50. The minimum absolute atomic E-state index is 0.115. The van der Waals surface area contributed by atoms with Crippen LogP contribution in [0.3, 0.4) is 0 Å². The molecule has 1 unspecified atom stereocenters. The van der Waals surface area contributed by atoms with E-state index in [-0.39, 0.29) is 11.5 Å². The molecular formula is C11H19N3O. The Hall–Kier alpha value is -1.32. The van der Waals surface area contributed by atoms with E-state index in [9.17, 15) is 0 Å². The lowest BCUT2D eigenvalue weighted by Gasteiger charge is -2.18. The molecule has 0 spiro atoms. The lowest BCUT2D eigenvalue weighted by Crippen LogP contribution is -2.29. The molecule has 0 aromatic carbocycles. The smallest absolute Gasteiger partial charge is 0.218 e. The Bertz CT molecular complexity index is 360. The third-order valence-electron chi connectivity index (χ3n) is 2.10. The molecule has 0 radical (unpaired) electrons. The van der Waals surface area contributed by atoms with Gasteiger partial charge in [-0.25, -0.2) is 4.98 Å². The SMILES string of the molecule is Cc1cnc(C(C)N=C(N)C(C)(C)C)o1. The van der Waals surface area contributed by atoms with Gasteiger partial charge in [-0.3, -0.25) is 4.99 Å². The van der Waals surface area contributed by atoms with Gasteiger partial charge in [-0.15, -0.1) is 0 Å². The van der Waals surface area contributed by atoms with Gasteiger partial charge in [0.05, 0.1) is 6.20 Å². The molecular weight excluding hydrogens is 190 g/mol. The van der Waals surface area contributed by atoms with Crippen molar-refractivity contribution in [1.29, 1.82) is 0 Å². The van der Waals surface area contributed by atoms with Crippen molar-refractivity contribution in [3.05, 3.63) is 17.8 Å². The predicted molar refractivity (Wildman–Crippen MR) is 60.7 cm³/mol. The Balaban J connectivity index is 2.83. The first-order valence-corrected chi connectivity index (χ1v) is 5.07. The lowest BCUT2D eigenvalue weighted by atomic mass is 9.95. The third-order valence-corrected chi connectivity index (χ3v) is 2.10. The first kappa shape index (κ1) is 11.8. The zero-order valence-corrected chi connectivity index (χ0v) is 10.0. The minimum Gasteiger partial charge on any atom is -0.444 e. The fourth-order valence-electron chi connectivity index (χ4n) is 1.02. The summed E-state index contributed by atoms with van der Waals surface area (Å²) in [5.74, 6) is 2.02. The highest BCUT2D eigenvalue weighted by Crippen LogP contribution is 2.20. The highest BCUT2D eigenvalue weighted by molar-refractivity contribution is 5.85. The van der Waals surface area contributed by atoms with E-state index in [0.29, 0.717) is 11.7 Å². The Labute approximate surface area is 90.6 Å². The number of aliphatic imine (C=N–C) groups is 1. The molecule has 0 aliphatic rings. The van der Waals surface area contributed by atoms with Crippen molar-refractivity contribution >= 4 is 5.84 Å². The summed E-state index contributed by atoms with van der Waals surface area (Å²) in [4.78, 5) is 8.49. The molecule has 2 N–H and O–H groups in total. The van der Waals surface area contributed by atoms with Gasteiger partial charge in [-0.2, -0.15) is 0 Å². The van der Waals surface area contributed by atoms with E-state index < -0.39 is 0 Å². The molecule has 0 aliphatic carbocycles. The van der Waals surface area contributed by atoms with Gasteiger partial charge in [0.2, 0.25) is 5.89 Å². The summed E-state index contributed by atoms with van der Waals surface area (Å²) in [7, 11) is 0. The van der Waals surface area contributed by atoms with Crippen LogP contribution in [0.5, 0.6) is 0 Å². The molecule has 0 bridgehead atoms. The molecule has 0 saturated carbocycles. The molecule has 84 valence electrons. The van der Waals surface area contributed by atoms with Crippen molar-refractivity contribution in [1.82, 2.24) is 4.98 Å². The Morgan fingerprint density at radius 3 is 2.53 bits per heavy atom. The number of nitrogens with two attached hydrogens (primary N) is 1. The summed E-state index contributed by atoms with van der Waals surface area (Å²) in [5.41, 5.74) is 5.76. The summed E-state index contributed by atoms with van der Waals surface area (Å²) in [6.45, 7) is 9.86. The van der Waals surface area contributed by atoms with Crippen LogP contribution in [0.4, 0.5) is 0 Å². The topological polar surface area (TPSA) is 64.4 Å². The van der Waals surface area contributed by atoms with E-state index in [1.54, 1.807) is 6.20 Å². The number of hydrogen-bond acceptors (Lipinski definition) is 3. The van der Waals surface area contributed by atoms with Crippen molar-refractivity contribution in [3.8, 4) is 0 Å². The summed E-state index contributed by atoms with van der Waals surface area (Å²) in [6, 6.07) is -0.127. The fraction of sp³-hybridized carbons (Fsp3) is 0.636. The van der Waals surface area contributed by atoms with E-state index in [1.807, 2.05) is 34.6 Å². The standard InChI is InChI=1S/C11H19N3O/c1-7-6-13-9(15-7)8(2)14-10(12)11(3,4)5/h6,8H,1-5H3,(H2,12,14). The van der Waals surface area contributed by atoms with Gasteiger partial charge in [-0.05, 0) is 13.8 Å². The normalized spacial score (nSPS) is 15.4. The summed E-state index contributed by atoms with van der Waals surface area (Å²) in [5, 5.41) is 0. The molecule has 0 fully saturated rings. The van der Waals surface area contributed by atoms with Crippen LogP contribution in [-0.2, 0) is 0 Å². The number of oxazole rings is 1. The Kier molecular flexibility index (Phi) is 3.17. The van der Waals surface area contributed by atoms with Gasteiger partial charge in [-0.1, -0.05) is 20.8 Å². The fourth-order valence-corrected chi connectivity index (χ4v) is 1.02. The molecule has 1 heterocycles. The number of hydrogen-bond donors (Lipinski definition) is 1.